The van der Waals surface area contributed by atoms with E-state index >= 15 is 0 Å². The van der Waals surface area contributed by atoms with Gasteiger partial charge in [0.15, 0.2) is 0 Å². The van der Waals surface area contributed by atoms with Gasteiger partial charge < -0.3 is 15.2 Å². The molecule has 1 amide bonds. The zero-order valence-electron chi connectivity index (χ0n) is 12.1. The van der Waals surface area contributed by atoms with Crippen LogP contribution in [0.3, 0.4) is 0 Å². The molecule has 0 saturated carbocycles. The van der Waals surface area contributed by atoms with Crippen LogP contribution >= 0.6 is 39.1 Å². The van der Waals surface area contributed by atoms with Crippen LogP contribution in [-0.2, 0) is 0 Å². The molecular formula is C16H14BrCl2NO3. The van der Waals surface area contributed by atoms with Crippen LogP contribution in [0.15, 0.2) is 40.9 Å². The van der Waals surface area contributed by atoms with E-state index in [1.165, 1.54) is 7.11 Å². The molecule has 0 aliphatic rings. The zero-order valence-corrected chi connectivity index (χ0v) is 15.2. The Morgan fingerprint density at radius 1 is 1.30 bits per heavy atom. The van der Waals surface area contributed by atoms with E-state index in [-0.39, 0.29) is 12.5 Å². The molecule has 0 spiro atoms. The van der Waals surface area contributed by atoms with Gasteiger partial charge in [0.1, 0.15) is 5.75 Å². The van der Waals surface area contributed by atoms with Crippen molar-refractivity contribution in [3.8, 4) is 5.75 Å². The summed E-state index contributed by atoms with van der Waals surface area (Å²) in [6.07, 6.45) is -0.937. The Labute approximate surface area is 152 Å². The first kappa shape index (κ1) is 18.1. The summed E-state index contributed by atoms with van der Waals surface area (Å²) in [4.78, 5) is 12.2. The molecule has 0 aliphatic carbocycles. The normalized spacial score (nSPS) is 11.9. The van der Waals surface area contributed by atoms with Crippen molar-refractivity contribution >= 4 is 45.0 Å². The van der Waals surface area contributed by atoms with Crippen LogP contribution in [0.1, 0.15) is 22.0 Å². The number of methoxy groups -OCH3 is 1. The second-order valence-corrected chi connectivity index (χ2v) is 6.44. The number of aliphatic hydroxyl groups is 1. The maximum Gasteiger partial charge on any atom is 0.252 e. The number of rotatable bonds is 5. The molecule has 7 heteroatoms. The first-order valence-electron chi connectivity index (χ1n) is 6.67. The Hall–Kier alpha value is -1.27. The van der Waals surface area contributed by atoms with Crippen LogP contribution in [0, 0.1) is 0 Å². The fourth-order valence-electron chi connectivity index (χ4n) is 1.97. The summed E-state index contributed by atoms with van der Waals surface area (Å²) in [6, 6.07) is 9.88. The molecule has 0 aliphatic heterocycles. The van der Waals surface area contributed by atoms with Crippen LogP contribution in [0.4, 0.5) is 0 Å². The molecule has 0 heterocycles. The topological polar surface area (TPSA) is 58.6 Å². The Morgan fingerprint density at radius 2 is 2.04 bits per heavy atom. The molecule has 0 radical (unpaired) electrons. The minimum atomic E-state index is -0.937. The van der Waals surface area contributed by atoms with Crippen molar-refractivity contribution in [2.75, 3.05) is 13.7 Å². The van der Waals surface area contributed by atoms with Crippen LogP contribution in [0.5, 0.6) is 5.75 Å². The predicted molar refractivity (Wildman–Crippen MR) is 94.4 cm³/mol. The number of ether oxygens (including phenoxy) is 1. The number of nitrogens with one attached hydrogen (secondary N) is 1. The molecule has 1 unspecified atom stereocenters. The lowest BCUT2D eigenvalue weighted by Crippen LogP contribution is -2.28. The lowest BCUT2D eigenvalue weighted by Gasteiger charge is -2.14. The maximum absolute atomic E-state index is 12.2. The third-order valence-corrected chi connectivity index (χ3v) is 4.45. The van der Waals surface area contributed by atoms with E-state index in [4.69, 9.17) is 27.9 Å². The van der Waals surface area contributed by atoms with E-state index in [9.17, 15) is 9.90 Å². The van der Waals surface area contributed by atoms with E-state index in [2.05, 4.69) is 21.2 Å². The third-order valence-electron chi connectivity index (χ3n) is 3.20. The van der Waals surface area contributed by atoms with Gasteiger partial charge in [-0.15, -0.1) is 0 Å². The number of halogens is 3. The Bertz CT molecular complexity index is 724. The van der Waals surface area contributed by atoms with Crippen LogP contribution in [0.25, 0.3) is 0 Å². The van der Waals surface area contributed by atoms with Crippen molar-refractivity contribution < 1.29 is 14.6 Å². The lowest BCUT2D eigenvalue weighted by molar-refractivity contribution is 0.0915. The number of amides is 1. The SMILES string of the molecule is COc1ccc(Br)c(C(=O)NCC(O)c2ccc(Cl)cc2Cl)c1. The summed E-state index contributed by atoms with van der Waals surface area (Å²) < 4.78 is 5.74. The van der Waals surface area contributed by atoms with E-state index in [0.29, 0.717) is 31.4 Å². The Kier molecular flexibility index (Phi) is 6.30. The van der Waals surface area contributed by atoms with Gasteiger partial charge in [0.2, 0.25) is 0 Å². The van der Waals surface area contributed by atoms with Crippen molar-refractivity contribution in [2.45, 2.75) is 6.10 Å². The van der Waals surface area contributed by atoms with Gasteiger partial charge in [0, 0.05) is 26.6 Å². The van der Waals surface area contributed by atoms with Crippen molar-refractivity contribution in [2.24, 2.45) is 0 Å². The number of carbonyl (C=O) groups is 1. The number of benzene rings is 2. The van der Waals surface area contributed by atoms with Crippen molar-refractivity contribution in [1.82, 2.24) is 5.32 Å². The van der Waals surface area contributed by atoms with Gasteiger partial charge in [0.25, 0.3) is 5.91 Å². The second kappa shape index (κ2) is 8.02. The van der Waals surface area contributed by atoms with Gasteiger partial charge in [-0.2, -0.15) is 0 Å². The molecule has 2 aromatic rings. The highest BCUT2D eigenvalue weighted by Gasteiger charge is 2.16. The zero-order chi connectivity index (χ0) is 17.0. The monoisotopic (exact) mass is 417 g/mol. The van der Waals surface area contributed by atoms with Gasteiger partial charge in [-0.1, -0.05) is 29.3 Å². The first-order chi connectivity index (χ1) is 10.9. The molecule has 0 aromatic heterocycles. The van der Waals surface area contributed by atoms with Gasteiger partial charge in [-0.05, 0) is 46.3 Å². The van der Waals surface area contributed by atoms with Crippen molar-refractivity contribution in [1.29, 1.82) is 0 Å². The number of hydrogen-bond acceptors (Lipinski definition) is 3. The predicted octanol–water partition coefficient (Wildman–Crippen LogP) is 4.23. The molecule has 122 valence electrons. The minimum absolute atomic E-state index is 0.0177. The highest BCUT2D eigenvalue weighted by molar-refractivity contribution is 9.10. The minimum Gasteiger partial charge on any atom is -0.497 e. The molecule has 2 rings (SSSR count). The third kappa shape index (κ3) is 4.61. The van der Waals surface area contributed by atoms with E-state index in [1.54, 1.807) is 36.4 Å². The molecule has 0 saturated heterocycles. The Morgan fingerprint density at radius 3 is 2.70 bits per heavy atom. The number of aliphatic hydroxyl groups excluding tert-OH is 1. The molecular weight excluding hydrogens is 405 g/mol. The molecule has 2 N–H and O–H groups in total. The smallest absolute Gasteiger partial charge is 0.252 e. The first-order valence-corrected chi connectivity index (χ1v) is 8.22. The number of hydrogen-bond donors (Lipinski definition) is 2. The molecule has 4 nitrogen and oxygen atoms in total. The van der Waals surface area contributed by atoms with Gasteiger partial charge >= 0.3 is 0 Å². The summed E-state index contributed by atoms with van der Waals surface area (Å²) in [5.74, 6) is 0.236. The quantitative estimate of drug-likeness (QED) is 0.763. The standard InChI is InChI=1S/C16H14BrCl2NO3/c1-23-10-3-5-13(17)12(7-10)16(22)20-8-15(21)11-4-2-9(18)6-14(11)19/h2-7,15,21H,8H2,1H3,(H,20,22). The molecule has 23 heavy (non-hydrogen) atoms. The molecule has 0 bridgehead atoms. The van der Waals surface area contributed by atoms with Crippen LogP contribution in [-0.4, -0.2) is 24.7 Å². The number of carbonyl (C=O) groups excluding carboxylic acids is 1. The van der Waals surface area contributed by atoms with Gasteiger partial charge in [-0.3, -0.25) is 4.79 Å². The van der Waals surface area contributed by atoms with Crippen molar-refractivity contribution in [3.05, 3.63) is 62.0 Å². The summed E-state index contributed by atoms with van der Waals surface area (Å²) >= 11 is 15.2. The molecule has 0 fully saturated rings. The summed E-state index contributed by atoms with van der Waals surface area (Å²) in [5.41, 5.74) is 0.917. The average molecular weight is 419 g/mol. The second-order valence-electron chi connectivity index (χ2n) is 4.74. The lowest BCUT2D eigenvalue weighted by atomic mass is 10.1. The summed E-state index contributed by atoms with van der Waals surface area (Å²) in [5, 5.41) is 13.7. The van der Waals surface area contributed by atoms with Crippen LogP contribution < -0.4 is 10.1 Å². The fourth-order valence-corrected chi connectivity index (χ4v) is 2.93. The summed E-state index contributed by atoms with van der Waals surface area (Å²) in [7, 11) is 1.53. The van der Waals surface area contributed by atoms with E-state index in [1.807, 2.05) is 0 Å². The highest BCUT2D eigenvalue weighted by Crippen LogP contribution is 2.26. The molecule has 1 atom stereocenters. The molecule has 2 aromatic carbocycles. The largest absolute Gasteiger partial charge is 0.497 e. The Balaban J connectivity index is 2.06. The van der Waals surface area contributed by atoms with E-state index < -0.39 is 6.10 Å². The van der Waals surface area contributed by atoms with E-state index in [0.717, 1.165) is 0 Å². The summed E-state index contributed by atoms with van der Waals surface area (Å²) in [6.45, 7) is 0.0177. The maximum atomic E-state index is 12.2. The van der Waals surface area contributed by atoms with Gasteiger partial charge in [0.05, 0.1) is 18.8 Å². The van der Waals surface area contributed by atoms with Crippen molar-refractivity contribution in [3.63, 3.8) is 0 Å². The average Bonchev–Trinajstić information content (AvgIpc) is 2.52. The highest BCUT2D eigenvalue weighted by atomic mass is 79.9. The fraction of sp³-hybridized carbons (Fsp3) is 0.188. The van der Waals surface area contributed by atoms with Crippen LogP contribution in [0.2, 0.25) is 10.0 Å². The van der Waals surface area contributed by atoms with Gasteiger partial charge in [-0.25, -0.2) is 0 Å².